The molecule has 51 heavy (non-hydrogen) atoms. The fraction of sp³-hybridized carbons (Fsp3) is 0.833. The number of hydrogen-bond acceptors (Lipinski definition) is 3. The maximum Gasteiger partial charge on any atom is 0.313 e. The summed E-state index contributed by atoms with van der Waals surface area (Å²) in [4.78, 5) is 24.0. The molecule has 0 heterocycles. The number of ether oxygens (including phenoxy) is 1. The monoisotopic (exact) mass is 713 g/mol. The molecule has 0 atom stereocenters. The summed E-state index contributed by atoms with van der Waals surface area (Å²) < 4.78 is 5.03. The summed E-state index contributed by atoms with van der Waals surface area (Å²) in [5, 5.41) is 0. The molecule has 0 rings (SSSR count). The van der Waals surface area contributed by atoms with E-state index in [9.17, 15) is 9.59 Å². The summed E-state index contributed by atoms with van der Waals surface area (Å²) >= 11 is 0. The van der Waals surface area contributed by atoms with E-state index < -0.39 is 0 Å². The molecule has 0 aromatic rings. The smallest absolute Gasteiger partial charge is 0.313 e. The zero-order chi connectivity index (χ0) is 37.0. The normalized spacial score (nSPS) is 11.9. The first-order chi connectivity index (χ1) is 25.2. The van der Waals surface area contributed by atoms with Gasteiger partial charge in [0.1, 0.15) is 0 Å². The quantitative estimate of drug-likeness (QED) is 0.0274. The highest BCUT2D eigenvalue weighted by Crippen LogP contribution is 2.17. The number of rotatable bonds is 41. The van der Waals surface area contributed by atoms with Gasteiger partial charge in [-0.1, -0.05) is 237 Å². The molecule has 0 N–H and O–H groups in total. The number of carbonyl (C=O) groups is 2. The summed E-state index contributed by atoms with van der Waals surface area (Å²) in [7, 11) is 0. The van der Waals surface area contributed by atoms with Gasteiger partial charge < -0.3 is 4.74 Å². The molecule has 298 valence electrons. The third kappa shape index (κ3) is 44.4. The Balaban J connectivity index is 3.28. The largest absolute Gasteiger partial charge is 0.393 e. The number of allylic oxidation sites excluding steroid dienone is 6. The molecule has 0 aromatic heterocycles. The van der Waals surface area contributed by atoms with Crippen LogP contribution in [-0.2, 0) is 14.3 Å². The topological polar surface area (TPSA) is 43.4 Å². The second-order valence-corrected chi connectivity index (χ2v) is 15.4. The first kappa shape index (κ1) is 49.4. The molecule has 0 bridgehead atoms. The fourth-order valence-electron chi connectivity index (χ4n) is 6.88. The summed E-state index contributed by atoms with van der Waals surface area (Å²) in [6.45, 7) is 4.46. The van der Waals surface area contributed by atoms with Crippen LogP contribution in [0.25, 0.3) is 0 Å². The van der Waals surface area contributed by atoms with Crippen LogP contribution in [0.4, 0.5) is 0 Å². The minimum Gasteiger partial charge on any atom is -0.393 e. The van der Waals surface area contributed by atoms with Gasteiger partial charge in [-0.15, -0.1) is 0 Å². The Kier molecular flexibility index (Phi) is 43.1. The molecule has 0 saturated heterocycles. The summed E-state index contributed by atoms with van der Waals surface area (Å²) in [6.07, 6.45) is 61.0. The van der Waals surface area contributed by atoms with Crippen molar-refractivity contribution in [1.82, 2.24) is 0 Å². The number of esters is 2. The van der Waals surface area contributed by atoms with Crippen LogP contribution in [0.15, 0.2) is 36.5 Å². The molecule has 0 spiro atoms. The fourth-order valence-corrected chi connectivity index (χ4v) is 6.88. The van der Waals surface area contributed by atoms with Crippen molar-refractivity contribution in [2.45, 2.75) is 258 Å². The average molecular weight is 713 g/mol. The van der Waals surface area contributed by atoms with Crippen molar-refractivity contribution in [3.63, 3.8) is 0 Å². The predicted molar refractivity (Wildman–Crippen MR) is 225 cm³/mol. The van der Waals surface area contributed by atoms with Crippen molar-refractivity contribution < 1.29 is 14.3 Å². The van der Waals surface area contributed by atoms with E-state index in [0.29, 0.717) is 12.8 Å². The van der Waals surface area contributed by atoms with E-state index >= 15 is 0 Å². The van der Waals surface area contributed by atoms with Gasteiger partial charge in [-0.2, -0.15) is 0 Å². The lowest BCUT2D eigenvalue weighted by molar-refractivity contribution is -0.159. The summed E-state index contributed by atoms with van der Waals surface area (Å²) in [6, 6.07) is 0. The van der Waals surface area contributed by atoms with E-state index in [-0.39, 0.29) is 11.9 Å². The van der Waals surface area contributed by atoms with Crippen LogP contribution in [0, 0.1) is 0 Å². The van der Waals surface area contributed by atoms with Gasteiger partial charge >= 0.3 is 11.9 Å². The van der Waals surface area contributed by atoms with Gasteiger partial charge in [0, 0.05) is 12.8 Å². The molecule has 0 saturated carbocycles. The molecule has 3 nitrogen and oxygen atoms in total. The maximum atomic E-state index is 12.0. The Bertz CT molecular complexity index is 794. The van der Waals surface area contributed by atoms with Crippen LogP contribution < -0.4 is 0 Å². The SMILES string of the molecule is CC/C=C\C/C=C\C/C=C\CCCCCCCC(=O)OC(=O)CCCCCCCCCCCCCCCCCCCCCCCCCCCCC. The van der Waals surface area contributed by atoms with Gasteiger partial charge in [0.25, 0.3) is 0 Å². The molecule has 0 aliphatic carbocycles. The molecule has 3 heteroatoms. The predicted octanol–water partition coefficient (Wildman–Crippen LogP) is 16.6. The molecule has 0 aliphatic rings. The Hall–Kier alpha value is -1.64. The van der Waals surface area contributed by atoms with Crippen LogP contribution >= 0.6 is 0 Å². The van der Waals surface area contributed by atoms with E-state index in [1.165, 1.54) is 173 Å². The Morgan fingerprint density at radius 3 is 0.941 bits per heavy atom. The van der Waals surface area contributed by atoms with Gasteiger partial charge in [0.05, 0.1) is 0 Å². The zero-order valence-corrected chi connectivity index (χ0v) is 34.6. The van der Waals surface area contributed by atoms with Crippen LogP contribution in [0.1, 0.15) is 258 Å². The Morgan fingerprint density at radius 2 is 0.608 bits per heavy atom. The van der Waals surface area contributed by atoms with Crippen molar-refractivity contribution in [3.05, 3.63) is 36.5 Å². The zero-order valence-electron chi connectivity index (χ0n) is 34.6. The van der Waals surface area contributed by atoms with Gasteiger partial charge in [-0.3, -0.25) is 9.59 Å². The highest BCUT2D eigenvalue weighted by atomic mass is 16.6. The lowest BCUT2D eigenvalue weighted by Gasteiger charge is -2.05. The minimum atomic E-state index is -0.341. The van der Waals surface area contributed by atoms with Crippen LogP contribution in [-0.4, -0.2) is 11.9 Å². The minimum absolute atomic E-state index is 0.335. The van der Waals surface area contributed by atoms with Crippen molar-refractivity contribution >= 4 is 11.9 Å². The molecule has 0 aliphatic heterocycles. The van der Waals surface area contributed by atoms with E-state index in [1.54, 1.807) is 0 Å². The summed E-state index contributed by atoms with van der Waals surface area (Å²) in [5.41, 5.74) is 0. The van der Waals surface area contributed by atoms with Crippen molar-refractivity contribution in [2.24, 2.45) is 0 Å². The Labute approximate surface area is 319 Å². The first-order valence-corrected chi connectivity index (χ1v) is 22.9. The number of unbranched alkanes of at least 4 members (excludes halogenated alkanes) is 31. The lowest BCUT2D eigenvalue weighted by Crippen LogP contribution is -2.11. The average Bonchev–Trinajstić information content (AvgIpc) is 3.12. The second kappa shape index (κ2) is 44.5. The molecule has 0 fully saturated rings. The molecule has 0 amide bonds. The third-order valence-corrected chi connectivity index (χ3v) is 10.2. The molecule has 0 radical (unpaired) electrons. The first-order valence-electron chi connectivity index (χ1n) is 22.9. The molecular weight excluding hydrogens is 625 g/mol. The van der Waals surface area contributed by atoms with E-state index in [4.69, 9.17) is 4.74 Å². The third-order valence-electron chi connectivity index (χ3n) is 10.2. The van der Waals surface area contributed by atoms with Gasteiger partial charge in [0.15, 0.2) is 0 Å². The standard InChI is InChI=1S/C48H88O3/c1-3-5-7-9-11-13-15-17-19-20-21-22-23-24-25-26-27-28-29-30-32-34-36-38-40-42-44-46-48(50)51-47(49)45-43-41-39-37-35-33-31-18-16-14-12-10-8-6-4-2/h6,8,12,14,18,31H,3-5,7,9-11,13,15-17,19-30,32-46H2,1-2H3/b8-6-,14-12-,31-18-. The van der Waals surface area contributed by atoms with Crippen molar-refractivity contribution in [3.8, 4) is 0 Å². The van der Waals surface area contributed by atoms with Crippen molar-refractivity contribution in [1.29, 1.82) is 0 Å². The van der Waals surface area contributed by atoms with Gasteiger partial charge in [-0.05, 0) is 44.9 Å². The highest BCUT2D eigenvalue weighted by Gasteiger charge is 2.10. The number of carbonyl (C=O) groups excluding carboxylic acids is 2. The lowest BCUT2D eigenvalue weighted by atomic mass is 10.0. The van der Waals surface area contributed by atoms with E-state index in [1.807, 2.05) is 0 Å². The highest BCUT2D eigenvalue weighted by molar-refractivity contribution is 5.85. The molecule has 0 aromatic carbocycles. The summed E-state index contributed by atoms with van der Waals surface area (Å²) in [5.74, 6) is -0.676. The van der Waals surface area contributed by atoms with Crippen LogP contribution in [0.2, 0.25) is 0 Å². The maximum absolute atomic E-state index is 12.0. The Morgan fingerprint density at radius 1 is 0.333 bits per heavy atom. The van der Waals surface area contributed by atoms with Crippen molar-refractivity contribution in [2.75, 3.05) is 0 Å². The van der Waals surface area contributed by atoms with Crippen LogP contribution in [0.3, 0.4) is 0 Å². The molecule has 0 unspecified atom stereocenters. The van der Waals surface area contributed by atoms with Gasteiger partial charge in [0.2, 0.25) is 0 Å². The second-order valence-electron chi connectivity index (χ2n) is 15.4. The molecular formula is C48H88O3. The van der Waals surface area contributed by atoms with Gasteiger partial charge in [-0.25, -0.2) is 0 Å². The van der Waals surface area contributed by atoms with E-state index in [2.05, 4.69) is 50.3 Å². The van der Waals surface area contributed by atoms with Crippen LogP contribution in [0.5, 0.6) is 0 Å². The number of hydrogen-bond donors (Lipinski definition) is 0. The van der Waals surface area contributed by atoms with E-state index in [0.717, 1.165) is 57.8 Å².